The Kier molecular flexibility index (Phi) is 2.34. The Balaban J connectivity index is 2.33. The summed E-state index contributed by atoms with van der Waals surface area (Å²) in [6, 6.07) is 4.35. The smallest absolute Gasteiger partial charge is 0.129 e. The Morgan fingerprint density at radius 1 is 1.53 bits per heavy atom. The standard InChI is InChI=1S/C11H16N4/c1-7-5-8(11(12)13)6-10(14-7)15(2)9-3-4-9/h5-6,9H,3-4H2,1-2H3,(H3,12,13). The number of aryl methyl sites for hydroxylation is 1. The fourth-order valence-electron chi connectivity index (χ4n) is 1.64. The van der Waals surface area contributed by atoms with Crippen LogP contribution in [0.2, 0.25) is 0 Å². The zero-order chi connectivity index (χ0) is 11.0. The summed E-state index contributed by atoms with van der Waals surface area (Å²) in [6.45, 7) is 1.93. The van der Waals surface area contributed by atoms with E-state index < -0.39 is 0 Å². The van der Waals surface area contributed by atoms with Crippen molar-refractivity contribution in [3.8, 4) is 0 Å². The van der Waals surface area contributed by atoms with E-state index >= 15 is 0 Å². The maximum absolute atomic E-state index is 7.42. The van der Waals surface area contributed by atoms with Crippen LogP contribution >= 0.6 is 0 Å². The van der Waals surface area contributed by atoms with E-state index in [9.17, 15) is 0 Å². The number of hydrogen-bond acceptors (Lipinski definition) is 3. The van der Waals surface area contributed by atoms with E-state index in [0.717, 1.165) is 17.1 Å². The van der Waals surface area contributed by atoms with Gasteiger partial charge in [0.2, 0.25) is 0 Å². The molecule has 0 atom stereocenters. The molecule has 1 fully saturated rings. The monoisotopic (exact) mass is 204 g/mol. The molecule has 0 unspecified atom stereocenters. The van der Waals surface area contributed by atoms with E-state index in [0.29, 0.717) is 6.04 Å². The fourth-order valence-corrected chi connectivity index (χ4v) is 1.64. The van der Waals surface area contributed by atoms with Gasteiger partial charge in [-0.3, -0.25) is 5.41 Å². The van der Waals surface area contributed by atoms with Crippen molar-refractivity contribution in [2.45, 2.75) is 25.8 Å². The Hall–Kier alpha value is -1.58. The van der Waals surface area contributed by atoms with Crippen LogP contribution in [0.15, 0.2) is 12.1 Å². The van der Waals surface area contributed by atoms with Crippen LogP contribution in [0.1, 0.15) is 24.1 Å². The van der Waals surface area contributed by atoms with Crippen molar-refractivity contribution >= 4 is 11.7 Å². The molecule has 2 rings (SSSR count). The van der Waals surface area contributed by atoms with Gasteiger partial charge in [-0.25, -0.2) is 4.98 Å². The van der Waals surface area contributed by atoms with Gasteiger partial charge in [0.1, 0.15) is 11.7 Å². The lowest BCUT2D eigenvalue weighted by Gasteiger charge is -2.18. The van der Waals surface area contributed by atoms with Crippen LogP contribution < -0.4 is 10.6 Å². The summed E-state index contributed by atoms with van der Waals surface area (Å²) in [5, 5.41) is 7.42. The third kappa shape index (κ3) is 2.09. The highest BCUT2D eigenvalue weighted by atomic mass is 15.2. The van der Waals surface area contributed by atoms with Crippen LogP contribution in [-0.4, -0.2) is 23.9 Å². The van der Waals surface area contributed by atoms with Crippen molar-refractivity contribution in [3.05, 3.63) is 23.4 Å². The van der Waals surface area contributed by atoms with Gasteiger partial charge >= 0.3 is 0 Å². The molecule has 1 aromatic heterocycles. The van der Waals surface area contributed by atoms with Gasteiger partial charge in [0.15, 0.2) is 0 Å². The molecular weight excluding hydrogens is 188 g/mol. The molecule has 4 nitrogen and oxygen atoms in total. The van der Waals surface area contributed by atoms with Crippen molar-refractivity contribution in [3.63, 3.8) is 0 Å². The Labute approximate surface area is 89.6 Å². The zero-order valence-corrected chi connectivity index (χ0v) is 9.12. The van der Waals surface area contributed by atoms with Crippen molar-refractivity contribution in [2.24, 2.45) is 5.73 Å². The summed E-state index contributed by atoms with van der Waals surface area (Å²) in [5.41, 5.74) is 7.14. The summed E-state index contributed by atoms with van der Waals surface area (Å²) in [4.78, 5) is 6.62. The summed E-state index contributed by atoms with van der Waals surface area (Å²) >= 11 is 0. The molecular formula is C11H16N4. The van der Waals surface area contributed by atoms with Gasteiger partial charge in [-0.15, -0.1) is 0 Å². The average molecular weight is 204 g/mol. The predicted octanol–water partition coefficient (Wildman–Crippen LogP) is 1.27. The van der Waals surface area contributed by atoms with Gasteiger partial charge in [0.25, 0.3) is 0 Å². The number of nitrogen functional groups attached to an aromatic ring is 1. The second-order valence-electron chi connectivity index (χ2n) is 4.11. The minimum absolute atomic E-state index is 0.103. The van der Waals surface area contributed by atoms with Gasteiger partial charge in [-0.2, -0.15) is 0 Å². The Morgan fingerprint density at radius 2 is 2.20 bits per heavy atom. The third-order valence-corrected chi connectivity index (χ3v) is 2.71. The second-order valence-corrected chi connectivity index (χ2v) is 4.11. The molecule has 0 amide bonds. The van der Waals surface area contributed by atoms with E-state index in [1.54, 1.807) is 0 Å². The first-order valence-electron chi connectivity index (χ1n) is 5.14. The lowest BCUT2D eigenvalue weighted by Crippen LogP contribution is -2.22. The maximum Gasteiger partial charge on any atom is 0.129 e. The van der Waals surface area contributed by atoms with Crippen LogP contribution in [0.4, 0.5) is 5.82 Å². The topological polar surface area (TPSA) is 66.0 Å². The highest BCUT2D eigenvalue weighted by molar-refractivity contribution is 5.95. The van der Waals surface area contributed by atoms with Gasteiger partial charge in [-0.1, -0.05) is 0 Å². The average Bonchev–Trinajstić information content (AvgIpc) is 2.98. The van der Waals surface area contributed by atoms with E-state index in [1.165, 1.54) is 12.8 Å². The molecule has 0 bridgehead atoms. The number of nitrogens with one attached hydrogen (secondary N) is 1. The first-order chi connectivity index (χ1) is 7.08. The van der Waals surface area contributed by atoms with E-state index in [4.69, 9.17) is 11.1 Å². The second kappa shape index (κ2) is 3.53. The lowest BCUT2D eigenvalue weighted by molar-refractivity contribution is 0.886. The molecule has 1 aliphatic rings. The molecule has 4 heteroatoms. The largest absolute Gasteiger partial charge is 0.384 e. The predicted molar refractivity (Wildman–Crippen MR) is 61.4 cm³/mol. The maximum atomic E-state index is 7.42. The number of rotatable bonds is 3. The first kappa shape index (κ1) is 9.96. The Morgan fingerprint density at radius 3 is 2.73 bits per heavy atom. The number of amidine groups is 1. The van der Waals surface area contributed by atoms with E-state index in [1.807, 2.05) is 26.1 Å². The molecule has 3 N–H and O–H groups in total. The van der Waals surface area contributed by atoms with Crippen LogP contribution in [0.5, 0.6) is 0 Å². The van der Waals surface area contributed by atoms with Crippen molar-refractivity contribution < 1.29 is 0 Å². The van der Waals surface area contributed by atoms with Crippen molar-refractivity contribution in [1.82, 2.24) is 4.98 Å². The van der Waals surface area contributed by atoms with E-state index in [-0.39, 0.29) is 5.84 Å². The molecule has 0 radical (unpaired) electrons. The third-order valence-electron chi connectivity index (χ3n) is 2.71. The summed E-state index contributed by atoms with van der Waals surface area (Å²) in [7, 11) is 2.04. The molecule has 0 aliphatic heterocycles. The Bertz CT molecular complexity index is 396. The lowest BCUT2D eigenvalue weighted by atomic mass is 10.2. The molecule has 1 heterocycles. The van der Waals surface area contributed by atoms with Crippen LogP contribution in [0.3, 0.4) is 0 Å². The minimum Gasteiger partial charge on any atom is -0.384 e. The zero-order valence-electron chi connectivity index (χ0n) is 9.12. The van der Waals surface area contributed by atoms with Crippen LogP contribution in [-0.2, 0) is 0 Å². The molecule has 15 heavy (non-hydrogen) atoms. The summed E-state index contributed by atoms with van der Waals surface area (Å²) in [5.74, 6) is 1.02. The van der Waals surface area contributed by atoms with Crippen molar-refractivity contribution in [2.75, 3.05) is 11.9 Å². The molecule has 1 saturated carbocycles. The van der Waals surface area contributed by atoms with Crippen molar-refractivity contribution in [1.29, 1.82) is 5.41 Å². The number of anilines is 1. The molecule has 0 spiro atoms. The van der Waals surface area contributed by atoms with Crippen LogP contribution in [0, 0.1) is 12.3 Å². The van der Waals surface area contributed by atoms with Gasteiger partial charge in [0.05, 0.1) is 0 Å². The first-order valence-corrected chi connectivity index (χ1v) is 5.14. The normalized spacial score (nSPS) is 15.1. The fraction of sp³-hybridized carbons (Fsp3) is 0.455. The molecule has 80 valence electrons. The van der Waals surface area contributed by atoms with Gasteiger partial charge in [-0.05, 0) is 31.9 Å². The van der Waals surface area contributed by atoms with Gasteiger partial charge in [0, 0.05) is 24.3 Å². The molecule has 0 aromatic carbocycles. The van der Waals surface area contributed by atoms with Gasteiger partial charge < -0.3 is 10.6 Å². The highest BCUT2D eigenvalue weighted by Crippen LogP contribution is 2.29. The molecule has 1 aromatic rings. The SMILES string of the molecule is Cc1cc(C(=N)N)cc(N(C)C2CC2)n1. The highest BCUT2D eigenvalue weighted by Gasteiger charge is 2.27. The molecule has 0 saturated heterocycles. The quantitative estimate of drug-likeness (QED) is 0.575. The number of nitrogens with zero attached hydrogens (tertiary/aromatic N) is 2. The number of pyridine rings is 1. The number of aromatic nitrogens is 1. The number of hydrogen-bond donors (Lipinski definition) is 2. The van der Waals surface area contributed by atoms with E-state index in [2.05, 4.69) is 9.88 Å². The minimum atomic E-state index is 0.103. The summed E-state index contributed by atoms with van der Waals surface area (Å²) in [6.07, 6.45) is 2.48. The molecule has 1 aliphatic carbocycles. The van der Waals surface area contributed by atoms with Crippen LogP contribution in [0.25, 0.3) is 0 Å². The summed E-state index contributed by atoms with van der Waals surface area (Å²) < 4.78 is 0. The number of nitrogens with two attached hydrogens (primary N) is 1.